The van der Waals surface area contributed by atoms with Crippen molar-refractivity contribution >= 4 is 26.8 Å². The van der Waals surface area contributed by atoms with Crippen LogP contribution in [0, 0.1) is 0 Å². The molecular formula is C24H22N4O4S. The predicted octanol–water partition coefficient (Wildman–Crippen LogP) is 3.05. The molecule has 0 radical (unpaired) electrons. The average Bonchev–Trinajstić information content (AvgIpc) is 3.25. The second-order valence-corrected chi connectivity index (χ2v) is 9.72. The van der Waals surface area contributed by atoms with Gasteiger partial charge in [0.1, 0.15) is 5.69 Å². The van der Waals surface area contributed by atoms with Gasteiger partial charge in [-0.3, -0.25) is 9.78 Å². The molecule has 0 saturated carbocycles. The molecule has 2 aromatic carbocycles. The molecule has 2 aromatic heterocycles. The maximum atomic E-state index is 12.7. The van der Waals surface area contributed by atoms with Crippen LogP contribution in [0.3, 0.4) is 0 Å². The van der Waals surface area contributed by atoms with E-state index in [1.165, 1.54) is 10.2 Å². The van der Waals surface area contributed by atoms with Crippen LogP contribution < -0.4 is 0 Å². The second kappa shape index (κ2) is 8.42. The van der Waals surface area contributed by atoms with Gasteiger partial charge in [0, 0.05) is 29.6 Å². The molecule has 0 N–H and O–H groups in total. The third kappa shape index (κ3) is 4.12. The maximum absolute atomic E-state index is 12.7. The van der Waals surface area contributed by atoms with Crippen LogP contribution in [-0.4, -0.2) is 65.7 Å². The number of para-hydroxylation sites is 1. The van der Waals surface area contributed by atoms with Gasteiger partial charge in [0.25, 0.3) is 5.91 Å². The zero-order chi connectivity index (χ0) is 23.0. The van der Waals surface area contributed by atoms with Crippen LogP contribution in [0.25, 0.3) is 33.5 Å². The number of benzene rings is 2. The van der Waals surface area contributed by atoms with E-state index in [0.717, 1.165) is 10.9 Å². The van der Waals surface area contributed by atoms with Gasteiger partial charge in [-0.25, -0.2) is 17.4 Å². The van der Waals surface area contributed by atoms with Crippen molar-refractivity contribution in [2.75, 3.05) is 32.6 Å². The standard InChI is InChI=1S/C24H22N4O4S/c1-33(30,31)28-22-5-3-2-4-19(22)14-23(28)21-16-25-15-20(26-21)17-6-8-18(9-7-17)24(29)27-10-12-32-13-11-27/h2-9,14-16H,10-13H2,1H3. The minimum absolute atomic E-state index is 0.0256. The van der Waals surface area contributed by atoms with Gasteiger partial charge in [0.2, 0.25) is 10.0 Å². The van der Waals surface area contributed by atoms with Crippen LogP contribution in [0.5, 0.6) is 0 Å². The Labute approximate surface area is 191 Å². The van der Waals surface area contributed by atoms with E-state index in [1.807, 2.05) is 24.3 Å². The van der Waals surface area contributed by atoms with Gasteiger partial charge in [-0.15, -0.1) is 0 Å². The SMILES string of the molecule is CS(=O)(=O)n1c(-c2cncc(-c3ccc(C(=O)N4CCOCC4)cc3)n2)cc2ccccc21. The first-order valence-electron chi connectivity index (χ1n) is 10.5. The Bertz CT molecular complexity index is 1440. The maximum Gasteiger partial charge on any atom is 0.254 e. The quantitative estimate of drug-likeness (QED) is 0.463. The lowest BCUT2D eigenvalue weighted by Crippen LogP contribution is -2.40. The molecule has 5 rings (SSSR count). The summed E-state index contributed by atoms with van der Waals surface area (Å²) in [7, 11) is -3.57. The largest absolute Gasteiger partial charge is 0.378 e. The molecule has 9 heteroatoms. The van der Waals surface area contributed by atoms with E-state index in [2.05, 4.69) is 9.97 Å². The monoisotopic (exact) mass is 462 g/mol. The Hall–Kier alpha value is -3.56. The van der Waals surface area contributed by atoms with Crippen molar-refractivity contribution in [1.82, 2.24) is 18.8 Å². The molecule has 0 bridgehead atoms. The minimum atomic E-state index is -3.57. The molecule has 1 aliphatic rings. The van der Waals surface area contributed by atoms with Crippen molar-refractivity contribution in [2.24, 2.45) is 0 Å². The predicted molar refractivity (Wildman–Crippen MR) is 125 cm³/mol. The van der Waals surface area contributed by atoms with Crippen molar-refractivity contribution in [3.8, 4) is 22.6 Å². The molecule has 0 unspecified atom stereocenters. The van der Waals surface area contributed by atoms with Gasteiger partial charge >= 0.3 is 0 Å². The normalized spacial score (nSPS) is 14.5. The zero-order valence-corrected chi connectivity index (χ0v) is 18.8. The first kappa shape index (κ1) is 21.3. The fourth-order valence-electron chi connectivity index (χ4n) is 4.03. The van der Waals surface area contributed by atoms with E-state index in [1.54, 1.807) is 47.6 Å². The summed E-state index contributed by atoms with van der Waals surface area (Å²) in [4.78, 5) is 23.5. The summed E-state index contributed by atoms with van der Waals surface area (Å²) in [5.74, 6) is -0.0256. The van der Waals surface area contributed by atoms with Crippen LogP contribution in [0.2, 0.25) is 0 Å². The summed E-state index contributed by atoms with van der Waals surface area (Å²) in [6.07, 6.45) is 4.34. The average molecular weight is 463 g/mol. The van der Waals surface area contributed by atoms with Crippen LogP contribution in [0.15, 0.2) is 67.0 Å². The molecule has 0 aliphatic carbocycles. The van der Waals surface area contributed by atoms with Crippen LogP contribution in [0.1, 0.15) is 10.4 Å². The van der Waals surface area contributed by atoms with Crippen molar-refractivity contribution < 1.29 is 17.9 Å². The molecule has 4 aromatic rings. The number of morpholine rings is 1. The van der Waals surface area contributed by atoms with Gasteiger partial charge in [-0.2, -0.15) is 0 Å². The number of rotatable bonds is 4. The highest BCUT2D eigenvalue weighted by Gasteiger charge is 2.20. The Morgan fingerprint density at radius 2 is 1.67 bits per heavy atom. The Balaban J connectivity index is 1.50. The zero-order valence-electron chi connectivity index (χ0n) is 18.0. The van der Waals surface area contributed by atoms with Gasteiger partial charge in [-0.05, 0) is 24.3 Å². The van der Waals surface area contributed by atoms with Gasteiger partial charge in [-0.1, -0.05) is 30.3 Å². The number of nitrogens with zero attached hydrogens (tertiary/aromatic N) is 4. The number of fused-ring (bicyclic) bond motifs is 1. The number of hydrogen-bond acceptors (Lipinski definition) is 6. The smallest absolute Gasteiger partial charge is 0.254 e. The molecule has 168 valence electrons. The summed E-state index contributed by atoms with van der Waals surface area (Å²) >= 11 is 0. The lowest BCUT2D eigenvalue weighted by Gasteiger charge is -2.26. The van der Waals surface area contributed by atoms with Gasteiger partial charge < -0.3 is 9.64 Å². The summed E-state index contributed by atoms with van der Waals surface area (Å²) in [6, 6.07) is 16.3. The lowest BCUT2D eigenvalue weighted by atomic mass is 10.1. The van der Waals surface area contributed by atoms with E-state index in [4.69, 9.17) is 4.74 Å². The van der Waals surface area contributed by atoms with E-state index in [-0.39, 0.29) is 5.91 Å². The van der Waals surface area contributed by atoms with Crippen molar-refractivity contribution in [2.45, 2.75) is 0 Å². The van der Waals surface area contributed by atoms with Crippen molar-refractivity contribution in [3.05, 3.63) is 72.6 Å². The topological polar surface area (TPSA) is 94.4 Å². The number of ether oxygens (including phenoxy) is 1. The number of hydrogen-bond donors (Lipinski definition) is 0. The van der Waals surface area contributed by atoms with Crippen LogP contribution >= 0.6 is 0 Å². The molecule has 0 spiro atoms. The van der Waals surface area contributed by atoms with E-state index in [0.29, 0.717) is 54.5 Å². The molecular weight excluding hydrogens is 440 g/mol. The molecule has 1 fully saturated rings. The highest BCUT2D eigenvalue weighted by molar-refractivity contribution is 7.89. The fraction of sp³-hybridized carbons (Fsp3) is 0.208. The van der Waals surface area contributed by atoms with Gasteiger partial charge in [0.05, 0.1) is 48.8 Å². The summed E-state index contributed by atoms with van der Waals surface area (Å²) in [6.45, 7) is 2.28. The Morgan fingerprint density at radius 1 is 0.970 bits per heavy atom. The summed E-state index contributed by atoms with van der Waals surface area (Å²) < 4.78 is 31.7. The molecule has 33 heavy (non-hydrogen) atoms. The number of carbonyl (C=O) groups is 1. The third-order valence-corrected chi connectivity index (χ3v) is 6.68. The molecule has 1 saturated heterocycles. The number of amides is 1. The Morgan fingerprint density at radius 3 is 2.39 bits per heavy atom. The molecule has 8 nitrogen and oxygen atoms in total. The number of carbonyl (C=O) groups excluding carboxylic acids is 1. The van der Waals surface area contributed by atoms with E-state index >= 15 is 0 Å². The third-order valence-electron chi connectivity index (χ3n) is 5.62. The molecule has 1 amide bonds. The lowest BCUT2D eigenvalue weighted by molar-refractivity contribution is 0.0303. The number of aromatic nitrogens is 3. The van der Waals surface area contributed by atoms with Crippen molar-refractivity contribution in [1.29, 1.82) is 0 Å². The molecule has 3 heterocycles. The highest BCUT2D eigenvalue weighted by atomic mass is 32.2. The molecule has 0 atom stereocenters. The fourth-order valence-corrected chi connectivity index (χ4v) is 5.05. The Kier molecular flexibility index (Phi) is 5.43. The van der Waals surface area contributed by atoms with E-state index < -0.39 is 10.0 Å². The highest BCUT2D eigenvalue weighted by Crippen LogP contribution is 2.29. The van der Waals surface area contributed by atoms with Crippen molar-refractivity contribution in [3.63, 3.8) is 0 Å². The summed E-state index contributed by atoms with van der Waals surface area (Å²) in [5, 5.41) is 0.802. The first-order valence-corrected chi connectivity index (χ1v) is 12.4. The van der Waals surface area contributed by atoms with Crippen LogP contribution in [-0.2, 0) is 14.8 Å². The minimum Gasteiger partial charge on any atom is -0.378 e. The summed E-state index contributed by atoms with van der Waals surface area (Å²) in [5.41, 5.74) is 3.46. The van der Waals surface area contributed by atoms with Crippen LogP contribution in [0.4, 0.5) is 0 Å². The van der Waals surface area contributed by atoms with Gasteiger partial charge in [0.15, 0.2) is 0 Å². The first-order chi connectivity index (χ1) is 15.9. The molecule has 1 aliphatic heterocycles. The van der Waals surface area contributed by atoms with E-state index in [9.17, 15) is 13.2 Å². The second-order valence-electron chi connectivity index (χ2n) is 7.89.